The van der Waals surface area contributed by atoms with Gasteiger partial charge in [-0.3, -0.25) is 4.79 Å². The van der Waals surface area contributed by atoms with Crippen molar-refractivity contribution in [2.75, 3.05) is 18.5 Å². The number of carbonyl (C=O) groups is 1. The van der Waals surface area contributed by atoms with Gasteiger partial charge in [-0.25, -0.2) is 0 Å². The zero-order chi connectivity index (χ0) is 22.1. The highest BCUT2D eigenvalue weighted by Crippen LogP contribution is 2.29. The molecule has 162 valence electrons. The molecule has 0 fully saturated rings. The highest BCUT2D eigenvalue weighted by Gasteiger charge is 2.30. The first-order valence-corrected chi connectivity index (χ1v) is 9.41. The van der Waals surface area contributed by atoms with Crippen molar-refractivity contribution >= 4 is 17.7 Å². The van der Waals surface area contributed by atoms with Gasteiger partial charge >= 0.3 is 6.36 Å². The summed E-state index contributed by atoms with van der Waals surface area (Å²) in [5.41, 5.74) is 1.08. The summed E-state index contributed by atoms with van der Waals surface area (Å²) in [4.78, 5) is 12.1. The second kappa shape index (κ2) is 10.6. The number of hydrogen-bond donors (Lipinski definition) is 1. The molecule has 8 heteroatoms. The van der Waals surface area contributed by atoms with Gasteiger partial charge in [-0.2, -0.15) is 0 Å². The maximum Gasteiger partial charge on any atom is 0.573 e. The van der Waals surface area contributed by atoms with Crippen molar-refractivity contribution in [3.63, 3.8) is 0 Å². The summed E-state index contributed by atoms with van der Waals surface area (Å²) in [5, 5.41) is 2.57. The smallest absolute Gasteiger partial charge is 0.490 e. The lowest BCUT2D eigenvalue weighted by Gasteiger charge is -2.14. The molecule has 0 aromatic heterocycles. The third-order valence-corrected chi connectivity index (χ3v) is 3.62. The quantitative estimate of drug-likeness (QED) is 0.528. The SMILES string of the molecule is CCOc1cc(C=CC(=O)Nc2ccc(OC(F)(F)F)cc2)ccc1OCC(C)C. The van der Waals surface area contributed by atoms with E-state index in [1.54, 1.807) is 24.3 Å². The monoisotopic (exact) mass is 423 g/mol. The molecule has 1 amide bonds. The van der Waals surface area contributed by atoms with Crippen LogP contribution in [0.1, 0.15) is 26.3 Å². The van der Waals surface area contributed by atoms with Crippen molar-refractivity contribution in [2.24, 2.45) is 5.92 Å². The Hall–Kier alpha value is -3.16. The van der Waals surface area contributed by atoms with Crippen LogP contribution in [-0.4, -0.2) is 25.5 Å². The average Bonchev–Trinajstić information content (AvgIpc) is 2.66. The normalized spacial score (nSPS) is 11.6. The fourth-order valence-electron chi connectivity index (χ4n) is 2.37. The van der Waals surface area contributed by atoms with Crippen molar-refractivity contribution in [3.05, 3.63) is 54.1 Å². The predicted molar refractivity (Wildman–Crippen MR) is 109 cm³/mol. The zero-order valence-electron chi connectivity index (χ0n) is 17.0. The Morgan fingerprint density at radius 1 is 1.07 bits per heavy atom. The fourth-order valence-corrected chi connectivity index (χ4v) is 2.37. The fraction of sp³-hybridized carbons (Fsp3) is 0.318. The molecule has 0 aliphatic rings. The van der Waals surface area contributed by atoms with Crippen LogP contribution in [0.2, 0.25) is 0 Å². The van der Waals surface area contributed by atoms with Gasteiger partial charge in [0.15, 0.2) is 11.5 Å². The number of benzene rings is 2. The Morgan fingerprint density at radius 3 is 2.37 bits per heavy atom. The third kappa shape index (κ3) is 8.06. The largest absolute Gasteiger partial charge is 0.573 e. The molecule has 2 aromatic carbocycles. The van der Waals surface area contributed by atoms with E-state index in [4.69, 9.17) is 9.47 Å². The van der Waals surface area contributed by atoms with E-state index in [-0.39, 0.29) is 5.75 Å². The predicted octanol–water partition coefficient (Wildman–Crippen LogP) is 5.67. The van der Waals surface area contributed by atoms with E-state index in [9.17, 15) is 18.0 Å². The number of ether oxygens (including phenoxy) is 3. The minimum Gasteiger partial charge on any atom is -0.490 e. The zero-order valence-corrected chi connectivity index (χ0v) is 17.0. The van der Waals surface area contributed by atoms with E-state index < -0.39 is 12.3 Å². The van der Waals surface area contributed by atoms with Crippen LogP contribution in [0, 0.1) is 5.92 Å². The Morgan fingerprint density at radius 2 is 1.77 bits per heavy atom. The number of nitrogens with one attached hydrogen (secondary N) is 1. The van der Waals surface area contributed by atoms with Crippen molar-refractivity contribution in [3.8, 4) is 17.2 Å². The Balaban J connectivity index is 2.00. The summed E-state index contributed by atoms with van der Waals surface area (Å²) in [6.07, 6.45) is -1.84. The van der Waals surface area contributed by atoms with Crippen LogP contribution >= 0.6 is 0 Å². The molecule has 0 radical (unpaired) electrons. The van der Waals surface area contributed by atoms with Crippen molar-refractivity contribution < 1.29 is 32.2 Å². The minimum atomic E-state index is -4.76. The summed E-state index contributed by atoms with van der Waals surface area (Å²) < 4.78 is 51.7. The van der Waals surface area contributed by atoms with Crippen LogP contribution in [0.4, 0.5) is 18.9 Å². The average molecular weight is 423 g/mol. The molecule has 2 rings (SSSR count). The molecule has 2 aromatic rings. The second-order valence-electron chi connectivity index (χ2n) is 6.74. The molecule has 0 spiro atoms. The molecule has 30 heavy (non-hydrogen) atoms. The number of amides is 1. The summed E-state index contributed by atoms with van der Waals surface area (Å²) in [7, 11) is 0. The van der Waals surface area contributed by atoms with Crippen LogP contribution in [-0.2, 0) is 4.79 Å². The van der Waals surface area contributed by atoms with Crippen LogP contribution in [0.3, 0.4) is 0 Å². The number of alkyl halides is 3. The van der Waals surface area contributed by atoms with Crippen LogP contribution in [0.5, 0.6) is 17.2 Å². The van der Waals surface area contributed by atoms with Gasteiger partial charge in [0.05, 0.1) is 13.2 Å². The third-order valence-electron chi connectivity index (χ3n) is 3.62. The number of hydrogen-bond acceptors (Lipinski definition) is 4. The highest BCUT2D eigenvalue weighted by atomic mass is 19.4. The van der Waals surface area contributed by atoms with Gasteiger partial charge < -0.3 is 19.5 Å². The van der Waals surface area contributed by atoms with Crippen molar-refractivity contribution in [1.29, 1.82) is 0 Å². The van der Waals surface area contributed by atoms with Crippen LogP contribution < -0.4 is 19.5 Å². The molecule has 5 nitrogen and oxygen atoms in total. The summed E-state index contributed by atoms with van der Waals surface area (Å²) >= 11 is 0. The standard InChI is InChI=1S/C22H24F3NO4/c1-4-28-20-13-16(5-11-19(20)29-14-15(2)3)6-12-21(27)26-17-7-9-18(10-8-17)30-22(23,24)25/h5-13,15H,4,14H2,1-3H3,(H,26,27). The van der Waals surface area contributed by atoms with E-state index in [0.717, 1.165) is 17.7 Å². The highest BCUT2D eigenvalue weighted by molar-refractivity contribution is 6.01. The molecule has 0 atom stereocenters. The molecule has 1 N–H and O–H groups in total. The molecule has 0 bridgehead atoms. The van der Waals surface area contributed by atoms with Gasteiger partial charge in [0.25, 0.3) is 0 Å². The van der Waals surface area contributed by atoms with E-state index in [2.05, 4.69) is 10.1 Å². The van der Waals surface area contributed by atoms with Gasteiger partial charge in [0.2, 0.25) is 5.91 Å². The lowest BCUT2D eigenvalue weighted by Crippen LogP contribution is -2.17. The number of rotatable bonds is 9. The van der Waals surface area contributed by atoms with Crippen LogP contribution in [0.25, 0.3) is 6.08 Å². The van der Waals surface area contributed by atoms with Gasteiger partial charge in [-0.05, 0) is 60.9 Å². The van der Waals surface area contributed by atoms with Crippen molar-refractivity contribution in [2.45, 2.75) is 27.1 Å². The molecular weight excluding hydrogens is 399 g/mol. The molecule has 0 saturated carbocycles. The summed E-state index contributed by atoms with van der Waals surface area (Å²) in [6, 6.07) is 10.2. The summed E-state index contributed by atoms with van der Waals surface area (Å²) in [5.74, 6) is 0.794. The van der Waals surface area contributed by atoms with E-state index in [0.29, 0.717) is 36.3 Å². The summed E-state index contributed by atoms with van der Waals surface area (Å²) in [6.45, 7) is 7.00. The Kier molecular flexibility index (Phi) is 8.15. The maximum absolute atomic E-state index is 12.2. The number of carbonyl (C=O) groups excluding carboxylic acids is 1. The number of anilines is 1. The van der Waals surface area contributed by atoms with E-state index >= 15 is 0 Å². The molecule has 0 heterocycles. The molecule has 0 aliphatic heterocycles. The van der Waals surface area contributed by atoms with Gasteiger partial charge in [0, 0.05) is 11.8 Å². The minimum absolute atomic E-state index is 0.339. The first-order chi connectivity index (χ1) is 14.2. The first kappa shape index (κ1) is 23.1. The maximum atomic E-state index is 12.2. The second-order valence-corrected chi connectivity index (χ2v) is 6.74. The molecule has 0 aliphatic carbocycles. The lowest BCUT2D eigenvalue weighted by atomic mass is 10.2. The van der Waals surface area contributed by atoms with Gasteiger partial charge in [-0.1, -0.05) is 19.9 Å². The van der Waals surface area contributed by atoms with E-state index in [1.807, 2.05) is 20.8 Å². The van der Waals surface area contributed by atoms with Gasteiger partial charge in [-0.15, -0.1) is 13.2 Å². The van der Waals surface area contributed by atoms with Gasteiger partial charge in [0.1, 0.15) is 5.75 Å². The lowest BCUT2D eigenvalue weighted by molar-refractivity contribution is -0.274. The van der Waals surface area contributed by atoms with Crippen molar-refractivity contribution in [1.82, 2.24) is 0 Å². The Labute approximate surface area is 173 Å². The van der Waals surface area contributed by atoms with E-state index in [1.165, 1.54) is 18.2 Å². The first-order valence-electron chi connectivity index (χ1n) is 9.41. The molecule has 0 unspecified atom stereocenters. The topological polar surface area (TPSA) is 56.8 Å². The number of halogens is 3. The molecule has 0 saturated heterocycles. The Bertz CT molecular complexity index is 862. The molecular formula is C22H24F3NO4. The van der Waals surface area contributed by atoms with Crippen LogP contribution in [0.15, 0.2) is 48.5 Å².